The van der Waals surface area contributed by atoms with Crippen molar-refractivity contribution in [2.75, 3.05) is 13.7 Å². The van der Waals surface area contributed by atoms with Gasteiger partial charge in [0.15, 0.2) is 17.5 Å². The summed E-state index contributed by atoms with van der Waals surface area (Å²) >= 11 is 0. The molecule has 2 fully saturated rings. The highest BCUT2D eigenvalue weighted by Crippen LogP contribution is 2.48. The number of nitrogens with zero attached hydrogens (tertiary/aromatic N) is 2. The third-order valence-corrected chi connectivity index (χ3v) is 8.25. The number of pyridine rings is 1. The van der Waals surface area contributed by atoms with E-state index in [0.717, 1.165) is 48.3 Å². The smallest absolute Gasteiger partial charge is 0.194 e. The van der Waals surface area contributed by atoms with Gasteiger partial charge in [-0.15, -0.1) is 6.58 Å². The monoisotopic (exact) mass is 483 g/mol. The Bertz CT molecular complexity index is 1270. The van der Waals surface area contributed by atoms with Crippen LogP contribution in [0.4, 0.5) is 13.2 Å². The fourth-order valence-corrected chi connectivity index (χ4v) is 6.24. The molecule has 1 N–H and O–H groups in total. The van der Waals surface area contributed by atoms with Crippen molar-refractivity contribution in [1.82, 2.24) is 4.98 Å². The van der Waals surface area contributed by atoms with E-state index in [4.69, 9.17) is 4.74 Å². The molecule has 4 nitrogen and oxygen atoms in total. The van der Waals surface area contributed by atoms with Crippen molar-refractivity contribution >= 4 is 10.9 Å². The fourth-order valence-electron chi connectivity index (χ4n) is 6.24. The molecule has 35 heavy (non-hydrogen) atoms. The number of fused-ring (bicyclic) bond motifs is 2. The second-order valence-corrected chi connectivity index (χ2v) is 9.87. The quantitative estimate of drug-likeness (QED) is 0.272. The lowest BCUT2D eigenvalue weighted by Crippen LogP contribution is -2.69. The van der Waals surface area contributed by atoms with Crippen LogP contribution in [0.1, 0.15) is 42.9 Å². The normalized spacial score (nSPS) is 26.9. The molecule has 0 spiro atoms. The standard InChI is InChI=1S/C28H30F3N2O2/c1-3-17-4-9-25(28(34)21-10-12-32-24-8-6-20(35-2)15-22(21)24)33(13-11-19(33)14-17)16-18-5-7-23(29)27(31)26(18)30/h3,5-8,10,12,15,17,19,25,28,34H,1,4,9,11,13-14,16H2,2H3/q+1. The van der Waals surface area contributed by atoms with Crippen molar-refractivity contribution in [2.24, 2.45) is 5.92 Å². The fraction of sp³-hybridized carbons (Fsp3) is 0.393. The molecule has 0 saturated carbocycles. The molecule has 0 radical (unpaired) electrons. The van der Waals surface area contributed by atoms with Gasteiger partial charge in [-0.1, -0.05) is 6.08 Å². The van der Waals surface area contributed by atoms with Crippen molar-refractivity contribution in [2.45, 2.75) is 50.4 Å². The zero-order valence-electron chi connectivity index (χ0n) is 19.8. The van der Waals surface area contributed by atoms with Gasteiger partial charge in [0.1, 0.15) is 24.4 Å². The first-order valence-electron chi connectivity index (χ1n) is 12.1. The Kier molecular flexibility index (Phi) is 6.32. The van der Waals surface area contributed by atoms with Crippen molar-refractivity contribution in [3.8, 4) is 5.75 Å². The minimum absolute atomic E-state index is 0.143. The first-order valence-corrected chi connectivity index (χ1v) is 12.1. The van der Waals surface area contributed by atoms with Crippen LogP contribution in [0.2, 0.25) is 0 Å². The molecule has 0 aliphatic carbocycles. The summed E-state index contributed by atoms with van der Waals surface area (Å²) in [5.41, 5.74) is 1.63. The van der Waals surface area contributed by atoms with E-state index in [0.29, 0.717) is 22.6 Å². The summed E-state index contributed by atoms with van der Waals surface area (Å²) in [6.07, 6.45) is 6.16. The van der Waals surface area contributed by atoms with Gasteiger partial charge in [-0.2, -0.15) is 0 Å². The molecule has 5 unspecified atom stereocenters. The number of aromatic nitrogens is 1. The van der Waals surface area contributed by atoms with Crippen LogP contribution in [0.3, 0.4) is 0 Å². The van der Waals surface area contributed by atoms with Gasteiger partial charge in [-0.3, -0.25) is 4.98 Å². The van der Waals surface area contributed by atoms with Crippen molar-refractivity contribution < 1.29 is 27.5 Å². The summed E-state index contributed by atoms with van der Waals surface area (Å²) in [7, 11) is 1.59. The Labute approximate surface area is 203 Å². The maximum Gasteiger partial charge on any atom is 0.194 e. The van der Waals surface area contributed by atoms with Gasteiger partial charge in [-0.05, 0) is 54.3 Å². The lowest BCUT2D eigenvalue weighted by molar-refractivity contribution is -1.02. The van der Waals surface area contributed by atoms with Gasteiger partial charge < -0.3 is 14.3 Å². The number of aliphatic hydroxyl groups is 1. The number of allylic oxidation sites excluding steroid dienone is 1. The lowest BCUT2D eigenvalue weighted by Gasteiger charge is -2.57. The van der Waals surface area contributed by atoms with E-state index in [1.807, 2.05) is 30.3 Å². The van der Waals surface area contributed by atoms with Crippen LogP contribution in [0, 0.1) is 23.4 Å². The molecule has 5 atom stereocenters. The predicted molar refractivity (Wildman–Crippen MR) is 128 cm³/mol. The van der Waals surface area contributed by atoms with Crippen molar-refractivity contribution in [3.63, 3.8) is 0 Å². The first kappa shape index (κ1) is 23.8. The highest BCUT2D eigenvalue weighted by atomic mass is 19.2. The number of ether oxygens (including phenoxy) is 1. The summed E-state index contributed by atoms with van der Waals surface area (Å²) in [6.45, 7) is 4.93. The molecule has 2 saturated heterocycles. The van der Waals surface area contributed by atoms with Crippen molar-refractivity contribution in [3.05, 3.63) is 83.8 Å². The summed E-state index contributed by atoms with van der Waals surface area (Å²) < 4.78 is 48.4. The van der Waals surface area contributed by atoms with Gasteiger partial charge in [-0.25, -0.2) is 13.2 Å². The molecule has 2 aromatic carbocycles. The molecule has 1 aromatic heterocycles. The Morgan fingerprint density at radius 2 is 1.97 bits per heavy atom. The topological polar surface area (TPSA) is 42.4 Å². The van der Waals surface area contributed by atoms with E-state index in [9.17, 15) is 18.3 Å². The summed E-state index contributed by atoms with van der Waals surface area (Å²) in [4.78, 5) is 4.44. The number of rotatable bonds is 6. The highest BCUT2D eigenvalue weighted by molar-refractivity contribution is 5.83. The van der Waals surface area contributed by atoms with E-state index in [1.54, 1.807) is 13.3 Å². The predicted octanol–water partition coefficient (Wildman–Crippen LogP) is 5.84. The van der Waals surface area contributed by atoms with Crippen LogP contribution in [0.25, 0.3) is 10.9 Å². The van der Waals surface area contributed by atoms with Gasteiger partial charge in [0.2, 0.25) is 0 Å². The molecular weight excluding hydrogens is 453 g/mol. The van der Waals surface area contributed by atoms with Crippen LogP contribution in [0.15, 0.2) is 55.3 Å². The summed E-state index contributed by atoms with van der Waals surface area (Å²) in [6, 6.07) is 9.64. The minimum atomic E-state index is -1.44. The Morgan fingerprint density at radius 3 is 2.69 bits per heavy atom. The largest absolute Gasteiger partial charge is 0.497 e. The number of quaternary nitrogens is 1. The molecule has 3 aromatic rings. The molecule has 184 valence electrons. The highest BCUT2D eigenvalue weighted by Gasteiger charge is 2.56. The molecule has 2 aliphatic rings. The Hall–Kier alpha value is -2.90. The maximum atomic E-state index is 14.8. The SMILES string of the molecule is C=CC1CCC(C(O)c2ccnc3ccc(OC)cc23)[N+]2(Cc3ccc(F)c(F)c3F)CCC2C1. The zero-order valence-corrected chi connectivity index (χ0v) is 19.8. The lowest BCUT2D eigenvalue weighted by atomic mass is 9.85. The Morgan fingerprint density at radius 1 is 1.14 bits per heavy atom. The Balaban J connectivity index is 1.60. The second-order valence-electron chi connectivity index (χ2n) is 9.87. The summed E-state index contributed by atoms with van der Waals surface area (Å²) in [5.74, 6) is -2.82. The minimum Gasteiger partial charge on any atom is -0.497 e. The molecule has 2 aliphatic heterocycles. The van der Waals surface area contributed by atoms with E-state index in [2.05, 4.69) is 11.6 Å². The molecule has 5 rings (SSSR count). The third kappa shape index (κ3) is 4.00. The van der Waals surface area contributed by atoms with Crippen LogP contribution in [-0.4, -0.2) is 40.3 Å². The van der Waals surface area contributed by atoms with Gasteiger partial charge in [0.05, 0.1) is 25.2 Å². The van der Waals surface area contributed by atoms with Crippen LogP contribution < -0.4 is 4.74 Å². The first-order chi connectivity index (χ1) is 16.9. The number of halogens is 3. The van der Waals surface area contributed by atoms with Crippen LogP contribution in [0.5, 0.6) is 5.75 Å². The number of methoxy groups -OCH3 is 1. The molecule has 0 bridgehead atoms. The number of aliphatic hydroxyl groups excluding tert-OH is 1. The van der Waals surface area contributed by atoms with E-state index < -0.39 is 23.6 Å². The van der Waals surface area contributed by atoms with Crippen LogP contribution in [-0.2, 0) is 6.54 Å². The van der Waals surface area contributed by atoms with Gasteiger partial charge in [0, 0.05) is 36.4 Å². The summed E-state index contributed by atoms with van der Waals surface area (Å²) in [5, 5.41) is 12.7. The molecule has 0 amide bonds. The second kappa shape index (κ2) is 9.28. The number of hydrogen-bond acceptors (Lipinski definition) is 3. The number of hydrogen-bond donors (Lipinski definition) is 1. The van der Waals surface area contributed by atoms with E-state index in [-0.39, 0.29) is 24.2 Å². The van der Waals surface area contributed by atoms with Gasteiger partial charge in [0.25, 0.3) is 0 Å². The van der Waals surface area contributed by atoms with Crippen LogP contribution >= 0.6 is 0 Å². The molecule has 7 heteroatoms. The van der Waals surface area contributed by atoms with E-state index >= 15 is 0 Å². The zero-order chi connectivity index (χ0) is 24.7. The molecular formula is C28H30F3N2O2+. The molecule has 3 heterocycles. The average molecular weight is 484 g/mol. The van der Waals surface area contributed by atoms with Gasteiger partial charge >= 0.3 is 0 Å². The third-order valence-electron chi connectivity index (χ3n) is 8.25. The average Bonchev–Trinajstić information content (AvgIpc) is 2.97. The van der Waals surface area contributed by atoms with E-state index in [1.165, 1.54) is 6.07 Å². The van der Waals surface area contributed by atoms with Crippen molar-refractivity contribution in [1.29, 1.82) is 0 Å². The maximum absolute atomic E-state index is 14.8. The number of benzene rings is 2.